The molecule has 0 fully saturated rings. The number of fused-ring (bicyclic) bond motifs is 1. The molecule has 2 aromatic heterocycles. The maximum atomic E-state index is 12.5. The van der Waals surface area contributed by atoms with Crippen LogP contribution in [0.3, 0.4) is 0 Å². The summed E-state index contributed by atoms with van der Waals surface area (Å²) in [4.78, 5) is 16.6. The van der Waals surface area contributed by atoms with E-state index in [2.05, 4.69) is 32.0 Å². The van der Waals surface area contributed by atoms with Crippen molar-refractivity contribution < 1.29 is 14.3 Å². The zero-order chi connectivity index (χ0) is 20.9. The molecule has 1 aliphatic rings. The van der Waals surface area contributed by atoms with Gasteiger partial charge < -0.3 is 19.4 Å². The predicted molar refractivity (Wildman–Crippen MR) is 113 cm³/mol. The van der Waals surface area contributed by atoms with Gasteiger partial charge in [-0.05, 0) is 43.2 Å². The molecule has 1 aromatic carbocycles. The summed E-state index contributed by atoms with van der Waals surface area (Å²) in [6.45, 7) is 5.06. The van der Waals surface area contributed by atoms with E-state index in [4.69, 9.17) is 9.47 Å². The molecular weight excluding hydrogens is 402 g/mol. The van der Waals surface area contributed by atoms with Gasteiger partial charge in [-0.1, -0.05) is 24.8 Å². The third-order valence-electron chi connectivity index (χ3n) is 4.71. The maximum absolute atomic E-state index is 12.5. The lowest BCUT2D eigenvalue weighted by atomic mass is 10.1. The molecular formula is C21H23N5O3S. The fraction of sp³-hybridized carbons (Fsp3) is 0.333. The van der Waals surface area contributed by atoms with E-state index in [1.54, 1.807) is 12.4 Å². The highest BCUT2D eigenvalue weighted by Gasteiger charge is 2.18. The monoisotopic (exact) mass is 425 g/mol. The quantitative estimate of drug-likeness (QED) is 0.553. The predicted octanol–water partition coefficient (Wildman–Crippen LogP) is 3.45. The summed E-state index contributed by atoms with van der Waals surface area (Å²) in [5.74, 6) is 2.41. The van der Waals surface area contributed by atoms with E-state index in [9.17, 15) is 4.79 Å². The van der Waals surface area contributed by atoms with E-state index in [1.165, 1.54) is 11.8 Å². The van der Waals surface area contributed by atoms with Gasteiger partial charge in [-0.3, -0.25) is 9.78 Å². The number of hydrogen-bond donors (Lipinski definition) is 1. The molecule has 1 unspecified atom stereocenters. The van der Waals surface area contributed by atoms with Gasteiger partial charge in [0.05, 0.1) is 11.8 Å². The largest absolute Gasteiger partial charge is 0.454 e. The second-order valence-corrected chi connectivity index (χ2v) is 7.83. The Balaban J connectivity index is 1.39. The Labute approximate surface area is 179 Å². The van der Waals surface area contributed by atoms with E-state index in [0.29, 0.717) is 5.75 Å². The highest BCUT2D eigenvalue weighted by Crippen LogP contribution is 2.34. The Kier molecular flexibility index (Phi) is 6.18. The number of carbonyl (C=O) groups excluding carboxylic acids is 1. The highest BCUT2D eigenvalue weighted by molar-refractivity contribution is 7.99. The molecule has 0 spiro atoms. The Morgan fingerprint density at radius 3 is 2.80 bits per heavy atom. The number of hydrogen-bond acceptors (Lipinski definition) is 7. The molecule has 1 aliphatic heterocycles. The van der Waals surface area contributed by atoms with Crippen molar-refractivity contribution in [3.8, 4) is 22.9 Å². The number of rotatable bonds is 8. The summed E-state index contributed by atoms with van der Waals surface area (Å²) in [5.41, 5.74) is 1.92. The average molecular weight is 426 g/mol. The third-order valence-corrected chi connectivity index (χ3v) is 5.68. The number of nitrogens with zero attached hydrogens (tertiary/aromatic N) is 4. The highest BCUT2D eigenvalue weighted by atomic mass is 32.2. The Hall–Kier alpha value is -3.07. The van der Waals surface area contributed by atoms with Gasteiger partial charge in [0, 0.05) is 24.5 Å². The molecule has 1 N–H and O–H groups in total. The van der Waals surface area contributed by atoms with E-state index in [1.807, 2.05) is 37.3 Å². The van der Waals surface area contributed by atoms with E-state index < -0.39 is 0 Å². The molecule has 3 heterocycles. The zero-order valence-electron chi connectivity index (χ0n) is 16.9. The van der Waals surface area contributed by atoms with Crippen LogP contribution in [0.1, 0.15) is 31.9 Å². The van der Waals surface area contributed by atoms with Gasteiger partial charge in [-0.15, -0.1) is 10.2 Å². The number of pyridine rings is 1. The fourth-order valence-corrected chi connectivity index (χ4v) is 3.99. The van der Waals surface area contributed by atoms with Crippen LogP contribution in [0.4, 0.5) is 0 Å². The van der Waals surface area contributed by atoms with Crippen molar-refractivity contribution in [2.75, 3.05) is 12.5 Å². The Bertz CT molecular complexity index is 1020. The first-order valence-electron chi connectivity index (χ1n) is 9.81. The van der Waals surface area contributed by atoms with Crippen LogP contribution >= 0.6 is 11.8 Å². The summed E-state index contributed by atoms with van der Waals surface area (Å²) in [6, 6.07) is 9.37. The molecule has 0 radical (unpaired) electrons. The minimum atomic E-state index is -0.145. The van der Waals surface area contributed by atoms with Crippen LogP contribution in [0.25, 0.3) is 11.4 Å². The summed E-state index contributed by atoms with van der Waals surface area (Å²) < 4.78 is 12.8. The molecule has 156 valence electrons. The van der Waals surface area contributed by atoms with Crippen molar-refractivity contribution in [1.29, 1.82) is 0 Å². The molecule has 9 heteroatoms. The van der Waals surface area contributed by atoms with Crippen LogP contribution in [0.5, 0.6) is 11.5 Å². The fourth-order valence-electron chi connectivity index (χ4n) is 3.21. The van der Waals surface area contributed by atoms with Crippen LogP contribution in [0.2, 0.25) is 0 Å². The molecule has 0 saturated heterocycles. The molecule has 0 bridgehead atoms. The van der Waals surface area contributed by atoms with Gasteiger partial charge in [0.25, 0.3) is 0 Å². The van der Waals surface area contributed by atoms with Gasteiger partial charge in [0.15, 0.2) is 22.5 Å². The smallest absolute Gasteiger partial charge is 0.231 e. The normalized spacial score (nSPS) is 13.3. The lowest BCUT2D eigenvalue weighted by Crippen LogP contribution is -2.28. The summed E-state index contributed by atoms with van der Waals surface area (Å²) in [6.07, 6.45) is 4.41. The van der Waals surface area contributed by atoms with Crippen LogP contribution in [0.15, 0.2) is 47.9 Å². The lowest BCUT2D eigenvalue weighted by molar-refractivity contribution is -0.119. The Morgan fingerprint density at radius 1 is 1.20 bits per heavy atom. The van der Waals surface area contributed by atoms with Crippen LogP contribution < -0.4 is 14.8 Å². The molecule has 30 heavy (non-hydrogen) atoms. The molecule has 4 rings (SSSR count). The van der Waals surface area contributed by atoms with Gasteiger partial charge in [-0.25, -0.2) is 0 Å². The van der Waals surface area contributed by atoms with Gasteiger partial charge in [-0.2, -0.15) is 0 Å². The molecule has 1 amide bonds. The lowest BCUT2D eigenvalue weighted by Gasteiger charge is -2.15. The Morgan fingerprint density at radius 2 is 2.00 bits per heavy atom. The summed E-state index contributed by atoms with van der Waals surface area (Å²) >= 11 is 1.38. The third kappa shape index (κ3) is 4.40. The van der Waals surface area contributed by atoms with Gasteiger partial charge >= 0.3 is 0 Å². The number of aromatic nitrogens is 4. The molecule has 8 nitrogen and oxygen atoms in total. The van der Waals surface area contributed by atoms with Crippen LogP contribution in [0, 0.1) is 0 Å². The standard InChI is InChI=1S/C21H23N5O3S/c1-3-10-26-20(15-6-8-22-9-7-15)24-25-21(26)30-12-19(27)23-14(2)16-4-5-17-18(11-16)29-13-28-17/h4-9,11,14H,3,10,12-13H2,1-2H3,(H,23,27). The SMILES string of the molecule is CCCn1c(SCC(=O)NC(C)c2ccc3c(c2)OCO3)nnc1-c1ccncc1. The van der Waals surface area contributed by atoms with E-state index >= 15 is 0 Å². The number of benzene rings is 1. The minimum absolute atomic E-state index is 0.0679. The van der Waals surface area contributed by atoms with Gasteiger partial charge in [0.2, 0.25) is 12.7 Å². The van der Waals surface area contributed by atoms with Gasteiger partial charge in [0.1, 0.15) is 0 Å². The maximum Gasteiger partial charge on any atom is 0.231 e. The van der Waals surface area contributed by atoms with Crippen LogP contribution in [-0.2, 0) is 11.3 Å². The first-order valence-corrected chi connectivity index (χ1v) is 10.8. The first-order chi connectivity index (χ1) is 14.7. The minimum Gasteiger partial charge on any atom is -0.454 e. The number of nitrogens with one attached hydrogen (secondary N) is 1. The van der Waals surface area contributed by atoms with E-state index in [-0.39, 0.29) is 24.5 Å². The molecule has 0 aliphatic carbocycles. The first kappa shape index (κ1) is 20.2. The second-order valence-electron chi connectivity index (χ2n) is 6.88. The average Bonchev–Trinajstić information content (AvgIpc) is 3.39. The van der Waals surface area contributed by atoms with Crippen LogP contribution in [-0.4, -0.2) is 38.2 Å². The number of amides is 1. The number of ether oxygens (including phenoxy) is 2. The topological polar surface area (TPSA) is 91.2 Å². The van der Waals surface area contributed by atoms with Crippen molar-refractivity contribution >= 4 is 17.7 Å². The van der Waals surface area contributed by atoms with E-state index in [0.717, 1.165) is 40.8 Å². The van der Waals surface area contributed by atoms with Crippen molar-refractivity contribution in [3.63, 3.8) is 0 Å². The molecule has 0 saturated carbocycles. The zero-order valence-corrected chi connectivity index (χ0v) is 17.7. The van der Waals surface area contributed by atoms with Crippen molar-refractivity contribution in [3.05, 3.63) is 48.3 Å². The second kappa shape index (κ2) is 9.17. The molecule has 3 aromatic rings. The summed E-state index contributed by atoms with van der Waals surface area (Å²) in [7, 11) is 0. The van der Waals surface area contributed by atoms with Crippen molar-refractivity contribution in [1.82, 2.24) is 25.1 Å². The summed E-state index contributed by atoms with van der Waals surface area (Å²) in [5, 5.41) is 12.4. The van der Waals surface area contributed by atoms with Crippen molar-refractivity contribution in [2.24, 2.45) is 0 Å². The molecule has 1 atom stereocenters. The number of carbonyl (C=O) groups is 1. The van der Waals surface area contributed by atoms with Crippen molar-refractivity contribution in [2.45, 2.75) is 38.0 Å². The number of thioether (sulfide) groups is 1.